The highest BCUT2D eigenvalue weighted by Crippen LogP contribution is 2.29. The molecule has 3 aromatic carbocycles. The molecule has 0 spiro atoms. The minimum Gasteiger partial charge on any atom is -0.492 e. The molecule has 0 atom stereocenters. The molecule has 34 heavy (non-hydrogen) atoms. The molecule has 3 aromatic rings. The van der Waals surface area contributed by atoms with Crippen LogP contribution in [0.5, 0.6) is 5.75 Å². The van der Waals surface area contributed by atoms with Gasteiger partial charge in [-0.3, -0.25) is 9.59 Å². The van der Waals surface area contributed by atoms with Gasteiger partial charge in [0.15, 0.2) is 0 Å². The van der Waals surface area contributed by atoms with E-state index in [0.29, 0.717) is 21.9 Å². The number of ether oxygens (including phenoxy) is 1. The van der Waals surface area contributed by atoms with Gasteiger partial charge in [0.2, 0.25) is 5.91 Å². The van der Waals surface area contributed by atoms with Crippen LogP contribution in [-0.4, -0.2) is 36.0 Å². The number of amides is 2. The molecule has 2 amide bonds. The molecule has 0 radical (unpaired) electrons. The molecular formula is C26H25F3N2O3. The maximum atomic E-state index is 12.7. The van der Waals surface area contributed by atoms with Crippen molar-refractivity contribution in [3.05, 3.63) is 84.4 Å². The third kappa shape index (κ3) is 6.84. The Bertz CT molecular complexity index is 1120. The van der Waals surface area contributed by atoms with E-state index in [1.54, 1.807) is 24.3 Å². The van der Waals surface area contributed by atoms with Crippen molar-refractivity contribution in [2.45, 2.75) is 26.1 Å². The van der Waals surface area contributed by atoms with E-state index in [1.807, 2.05) is 54.6 Å². The molecule has 178 valence electrons. The van der Waals surface area contributed by atoms with Gasteiger partial charge >= 0.3 is 12.1 Å². The predicted molar refractivity (Wildman–Crippen MR) is 124 cm³/mol. The van der Waals surface area contributed by atoms with E-state index in [-0.39, 0.29) is 32.0 Å². The number of alkyl halides is 3. The Morgan fingerprint density at radius 2 is 1.65 bits per heavy atom. The van der Waals surface area contributed by atoms with Crippen LogP contribution < -0.4 is 10.1 Å². The molecule has 0 bridgehead atoms. The van der Waals surface area contributed by atoms with Crippen molar-refractivity contribution >= 4 is 17.5 Å². The van der Waals surface area contributed by atoms with E-state index in [1.165, 1.54) is 6.92 Å². The van der Waals surface area contributed by atoms with Gasteiger partial charge < -0.3 is 15.0 Å². The van der Waals surface area contributed by atoms with Crippen LogP contribution in [0.1, 0.15) is 18.9 Å². The molecular weight excluding hydrogens is 445 g/mol. The van der Waals surface area contributed by atoms with Gasteiger partial charge in [-0.2, -0.15) is 13.2 Å². The van der Waals surface area contributed by atoms with Crippen molar-refractivity contribution < 1.29 is 27.5 Å². The summed E-state index contributed by atoms with van der Waals surface area (Å²) >= 11 is 0. The highest BCUT2D eigenvalue weighted by molar-refractivity contribution is 5.91. The van der Waals surface area contributed by atoms with Gasteiger partial charge in [0.1, 0.15) is 5.75 Å². The lowest BCUT2D eigenvalue weighted by Gasteiger charge is -2.22. The fourth-order valence-electron chi connectivity index (χ4n) is 3.40. The molecule has 0 aliphatic heterocycles. The summed E-state index contributed by atoms with van der Waals surface area (Å²) in [5.74, 6) is -1.53. The molecule has 5 nitrogen and oxygen atoms in total. The third-order valence-corrected chi connectivity index (χ3v) is 5.05. The summed E-state index contributed by atoms with van der Waals surface area (Å²) in [4.78, 5) is 24.6. The average molecular weight is 470 g/mol. The molecule has 8 heteroatoms. The summed E-state index contributed by atoms with van der Waals surface area (Å²) in [6.07, 6.45) is -4.85. The first-order valence-electron chi connectivity index (χ1n) is 10.8. The second-order valence-electron chi connectivity index (χ2n) is 7.53. The van der Waals surface area contributed by atoms with E-state index < -0.39 is 12.1 Å². The van der Waals surface area contributed by atoms with Gasteiger partial charge in [-0.05, 0) is 36.2 Å². The number of benzene rings is 3. The first-order valence-corrected chi connectivity index (χ1v) is 10.8. The van der Waals surface area contributed by atoms with Crippen LogP contribution in [0.25, 0.3) is 11.1 Å². The number of hydrogen-bond acceptors (Lipinski definition) is 3. The molecule has 0 unspecified atom stereocenters. The van der Waals surface area contributed by atoms with Crippen LogP contribution in [0.15, 0.2) is 78.9 Å². The Morgan fingerprint density at radius 1 is 0.941 bits per heavy atom. The van der Waals surface area contributed by atoms with Crippen molar-refractivity contribution in [3.8, 4) is 16.9 Å². The average Bonchev–Trinajstić information content (AvgIpc) is 2.82. The molecule has 1 N–H and O–H groups in total. The van der Waals surface area contributed by atoms with Crippen LogP contribution in [0.4, 0.5) is 18.9 Å². The van der Waals surface area contributed by atoms with Crippen LogP contribution in [0.3, 0.4) is 0 Å². The second kappa shape index (κ2) is 11.4. The monoisotopic (exact) mass is 470 g/mol. The third-order valence-electron chi connectivity index (χ3n) is 5.05. The van der Waals surface area contributed by atoms with Crippen molar-refractivity contribution in [1.29, 1.82) is 0 Å². The van der Waals surface area contributed by atoms with Gasteiger partial charge in [0.25, 0.3) is 0 Å². The Hall–Kier alpha value is -3.81. The molecule has 0 aliphatic rings. The van der Waals surface area contributed by atoms with Gasteiger partial charge in [-0.15, -0.1) is 0 Å². The summed E-state index contributed by atoms with van der Waals surface area (Å²) in [6, 6.07) is 23.7. The van der Waals surface area contributed by atoms with Crippen molar-refractivity contribution in [2.75, 3.05) is 18.5 Å². The first kappa shape index (κ1) is 24.8. The summed E-state index contributed by atoms with van der Waals surface area (Å²) in [5.41, 5.74) is 2.84. The van der Waals surface area contributed by atoms with Crippen LogP contribution in [0.2, 0.25) is 0 Å². The normalized spacial score (nSPS) is 11.1. The zero-order chi connectivity index (χ0) is 24.6. The van der Waals surface area contributed by atoms with E-state index in [9.17, 15) is 22.8 Å². The summed E-state index contributed by atoms with van der Waals surface area (Å²) in [6.45, 7) is 1.33. The fourth-order valence-corrected chi connectivity index (χ4v) is 3.40. The van der Waals surface area contributed by atoms with Crippen LogP contribution in [0, 0.1) is 0 Å². The molecule has 0 aliphatic carbocycles. The standard InChI is InChI=1S/C26H25F3N2O3/c1-2-31(25(33)26(27,28)29)18-19-9-8-12-21(17-19)30-24(32)15-16-34-23-14-7-6-13-22(23)20-10-4-3-5-11-20/h3-14,17H,2,15-16,18H2,1H3,(H,30,32). The Labute approximate surface area is 196 Å². The lowest BCUT2D eigenvalue weighted by Crippen LogP contribution is -2.40. The van der Waals surface area contributed by atoms with Crippen molar-refractivity contribution in [2.24, 2.45) is 0 Å². The van der Waals surface area contributed by atoms with Crippen LogP contribution >= 0.6 is 0 Å². The molecule has 0 saturated heterocycles. The van der Waals surface area contributed by atoms with Gasteiger partial charge in [0, 0.05) is 24.3 Å². The number of hydrogen-bond donors (Lipinski definition) is 1. The number of nitrogens with one attached hydrogen (secondary N) is 1. The minimum absolute atomic E-state index is 0.0843. The van der Waals surface area contributed by atoms with E-state index in [4.69, 9.17) is 4.74 Å². The first-order chi connectivity index (χ1) is 16.3. The number of halogens is 3. The summed E-state index contributed by atoms with van der Waals surface area (Å²) < 4.78 is 44.1. The molecule has 0 aromatic heterocycles. The SMILES string of the molecule is CCN(Cc1cccc(NC(=O)CCOc2ccccc2-c2ccccc2)c1)C(=O)C(F)(F)F. The highest BCUT2D eigenvalue weighted by atomic mass is 19.4. The highest BCUT2D eigenvalue weighted by Gasteiger charge is 2.41. The van der Waals surface area contributed by atoms with Gasteiger partial charge in [-0.25, -0.2) is 0 Å². The lowest BCUT2D eigenvalue weighted by atomic mass is 10.1. The number of anilines is 1. The molecule has 0 fully saturated rings. The van der Waals surface area contributed by atoms with E-state index in [2.05, 4.69) is 5.32 Å². The molecule has 0 heterocycles. The zero-order valence-corrected chi connectivity index (χ0v) is 18.6. The number of rotatable bonds is 9. The number of carbonyl (C=O) groups excluding carboxylic acids is 2. The summed E-state index contributed by atoms with van der Waals surface area (Å²) in [7, 11) is 0. The van der Waals surface area contributed by atoms with Gasteiger partial charge in [0.05, 0.1) is 13.0 Å². The van der Waals surface area contributed by atoms with Gasteiger partial charge in [-0.1, -0.05) is 60.7 Å². The number of para-hydroxylation sites is 1. The lowest BCUT2D eigenvalue weighted by molar-refractivity contribution is -0.185. The molecule has 3 rings (SSSR count). The van der Waals surface area contributed by atoms with E-state index in [0.717, 1.165) is 11.1 Å². The largest absolute Gasteiger partial charge is 0.492 e. The maximum Gasteiger partial charge on any atom is 0.471 e. The smallest absolute Gasteiger partial charge is 0.471 e. The zero-order valence-electron chi connectivity index (χ0n) is 18.6. The quantitative estimate of drug-likeness (QED) is 0.438. The van der Waals surface area contributed by atoms with Crippen LogP contribution in [-0.2, 0) is 16.1 Å². The second-order valence-corrected chi connectivity index (χ2v) is 7.53. The maximum absolute atomic E-state index is 12.7. The fraction of sp³-hybridized carbons (Fsp3) is 0.231. The predicted octanol–water partition coefficient (Wildman–Crippen LogP) is 5.67. The van der Waals surface area contributed by atoms with Crippen molar-refractivity contribution in [1.82, 2.24) is 4.90 Å². The molecule has 0 saturated carbocycles. The van der Waals surface area contributed by atoms with E-state index >= 15 is 0 Å². The van der Waals surface area contributed by atoms with Crippen molar-refractivity contribution in [3.63, 3.8) is 0 Å². The minimum atomic E-state index is -4.93. The number of carbonyl (C=O) groups is 2. The number of nitrogens with zero attached hydrogens (tertiary/aromatic N) is 1. The Kier molecular flexibility index (Phi) is 8.29. The Balaban J connectivity index is 1.56. The Morgan fingerprint density at radius 3 is 2.35 bits per heavy atom. The topological polar surface area (TPSA) is 58.6 Å². The summed E-state index contributed by atoms with van der Waals surface area (Å²) in [5, 5.41) is 2.72.